The Morgan fingerprint density at radius 1 is 1.44 bits per heavy atom. The van der Waals surface area contributed by atoms with Crippen LogP contribution in [-0.4, -0.2) is 42.5 Å². The molecule has 3 heteroatoms. The largest absolute Gasteiger partial charge is 0.395 e. The lowest BCUT2D eigenvalue weighted by Crippen LogP contribution is -2.23. The molecule has 0 fully saturated rings. The van der Waals surface area contributed by atoms with Crippen LogP contribution in [0.1, 0.15) is 6.42 Å². The fourth-order valence-electron chi connectivity index (χ4n) is 0.623. The minimum absolute atomic E-state index is 0.253. The number of hydrogen-bond acceptors (Lipinski definition) is 3. The zero-order valence-electron chi connectivity index (χ0n) is 5.88. The van der Waals surface area contributed by atoms with Crippen LogP contribution in [0.15, 0.2) is 0 Å². The van der Waals surface area contributed by atoms with Gasteiger partial charge in [-0.2, -0.15) is 12.6 Å². The number of nitrogens with zero attached hydrogens (tertiary/aromatic N) is 1. The molecular weight excluding hydrogens is 134 g/mol. The van der Waals surface area contributed by atoms with Gasteiger partial charge in [0.25, 0.3) is 0 Å². The number of thiol groups is 1. The van der Waals surface area contributed by atoms with Gasteiger partial charge in [-0.25, -0.2) is 0 Å². The first-order valence-electron chi connectivity index (χ1n) is 3.21. The van der Waals surface area contributed by atoms with Crippen LogP contribution in [0.4, 0.5) is 0 Å². The Morgan fingerprint density at radius 3 is 2.56 bits per heavy atom. The van der Waals surface area contributed by atoms with Crippen molar-refractivity contribution in [3.05, 3.63) is 0 Å². The highest BCUT2D eigenvalue weighted by Crippen LogP contribution is 1.87. The van der Waals surface area contributed by atoms with E-state index in [0.29, 0.717) is 0 Å². The molecule has 56 valence electrons. The Bertz CT molecular complexity index is 61.0. The van der Waals surface area contributed by atoms with E-state index >= 15 is 0 Å². The van der Waals surface area contributed by atoms with Gasteiger partial charge in [0.1, 0.15) is 0 Å². The second-order valence-electron chi connectivity index (χ2n) is 2.10. The van der Waals surface area contributed by atoms with Crippen LogP contribution in [0, 0.1) is 0 Å². The highest BCUT2D eigenvalue weighted by Gasteiger charge is 1.93. The average Bonchev–Trinajstić information content (AvgIpc) is 1.85. The van der Waals surface area contributed by atoms with E-state index in [2.05, 4.69) is 17.5 Å². The number of likely N-dealkylation sites (N-methyl/N-ethyl adjacent to an activating group) is 1. The van der Waals surface area contributed by atoms with E-state index in [9.17, 15) is 0 Å². The summed E-state index contributed by atoms with van der Waals surface area (Å²) in [6.07, 6.45) is 1.10. The number of aliphatic hydroxyl groups excluding tert-OH is 1. The first kappa shape index (κ1) is 9.27. The number of rotatable bonds is 5. The van der Waals surface area contributed by atoms with Gasteiger partial charge in [-0.1, -0.05) is 0 Å². The third kappa shape index (κ3) is 6.15. The maximum absolute atomic E-state index is 8.48. The molecule has 0 amide bonds. The molecule has 0 aliphatic heterocycles. The maximum Gasteiger partial charge on any atom is 0.0558 e. The van der Waals surface area contributed by atoms with Crippen molar-refractivity contribution in [1.82, 2.24) is 4.90 Å². The Hall–Kier alpha value is 0.270. The zero-order valence-corrected chi connectivity index (χ0v) is 6.77. The van der Waals surface area contributed by atoms with Crippen LogP contribution >= 0.6 is 12.6 Å². The first-order chi connectivity index (χ1) is 4.31. The van der Waals surface area contributed by atoms with E-state index in [1.165, 1.54) is 0 Å². The van der Waals surface area contributed by atoms with Crippen LogP contribution in [0.3, 0.4) is 0 Å². The normalized spacial score (nSPS) is 10.7. The van der Waals surface area contributed by atoms with Crippen LogP contribution in [0.5, 0.6) is 0 Å². The standard InChI is InChI=1S/C6H15NOS/c1-7(4-5-8)3-2-6-9/h8-9H,2-6H2,1H3. The van der Waals surface area contributed by atoms with Crippen LogP contribution in [0.2, 0.25) is 0 Å². The molecule has 9 heavy (non-hydrogen) atoms. The molecular formula is C6H15NOS. The van der Waals surface area contributed by atoms with Crippen molar-refractivity contribution in [2.75, 3.05) is 32.5 Å². The van der Waals surface area contributed by atoms with E-state index in [-0.39, 0.29) is 6.61 Å². The van der Waals surface area contributed by atoms with Crippen LogP contribution in [-0.2, 0) is 0 Å². The Labute approximate surface area is 62.3 Å². The Kier molecular flexibility index (Phi) is 6.58. The van der Waals surface area contributed by atoms with Gasteiger partial charge in [-0.05, 0) is 25.8 Å². The molecule has 2 nitrogen and oxygen atoms in total. The third-order valence-corrected chi connectivity index (χ3v) is 1.50. The van der Waals surface area contributed by atoms with E-state index in [0.717, 1.165) is 25.3 Å². The molecule has 0 aromatic carbocycles. The van der Waals surface area contributed by atoms with Gasteiger partial charge in [0.2, 0.25) is 0 Å². The van der Waals surface area contributed by atoms with Crippen molar-refractivity contribution in [2.24, 2.45) is 0 Å². The van der Waals surface area contributed by atoms with Gasteiger partial charge in [-0.15, -0.1) is 0 Å². The summed E-state index contributed by atoms with van der Waals surface area (Å²) in [5, 5.41) is 8.48. The number of aliphatic hydroxyl groups is 1. The summed E-state index contributed by atoms with van der Waals surface area (Å²) >= 11 is 4.07. The Morgan fingerprint density at radius 2 is 2.11 bits per heavy atom. The zero-order chi connectivity index (χ0) is 7.11. The molecule has 0 aliphatic carbocycles. The molecule has 0 aromatic heterocycles. The lowest BCUT2D eigenvalue weighted by Gasteiger charge is -2.12. The van der Waals surface area contributed by atoms with Gasteiger partial charge < -0.3 is 10.0 Å². The van der Waals surface area contributed by atoms with Gasteiger partial charge in [0, 0.05) is 6.54 Å². The van der Waals surface area contributed by atoms with Crippen molar-refractivity contribution in [3.8, 4) is 0 Å². The summed E-state index contributed by atoms with van der Waals surface area (Å²) in [7, 11) is 2.00. The minimum atomic E-state index is 0.253. The van der Waals surface area contributed by atoms with Crippen LogP contribution in [0.25, 0.3) is 0 Å². The van der Waals surface area contributed by atoms with E-state index in [1.807, 2.05) is 7.05 Å². The summed E-state index contributed by atoms with van der Waals surface area (Å²) in [6, 6.07) is 0. The monoisotopic (exact) mass is 149 g/mol. The Balaban J connectivity index is 2.95. The third-order valence-electron chi connectivity index (χ3n) is 1.18. The maximum atomic E-state index is 8.48. The molecule has 0 saturated heterocycles. The van der Waals surface area contributed by atoms with Crippen molar-refractivity contribution >= 4 is 12.6 Å². The van der Waals surface area contributed by atoms with E-state index in [4.69, 9.17) is 5.11 Å². The molecule has 1 N–H and O–H groups in total. The summed E-state index contributed by atoms with van der Waals surface area (Å²) in [5.41, 5.74) is 0. The summed E-state index contributed by atoms with van der Waals surface area (Å²) in [4.78, 5) is 2.09. The van der Waals surface area contributed by atoms with Crippen molar-refractivity contribution in [2.45, 2.75) is 6.42 Å². The second kappa shape index (κ2) is 6.39. The summed E-state index contributed by atoms with van der Waals surface area (Å²) in [6.45, 7) is 2.06. The fourth-order valence-corrected chi connectivity index (χ4v) is 0.765. The van der Waals surface area contributed by atoms with Gasteiger partial charge >= 0.3 is 0 Å². The summed E-state index contributed by atoms with van der Waals surface area (Å²) in [5.74, 6) is 0.926. The van der Waals surface area contributed by atoms with Gasteiger partial charge in [-0.3, -0.25) is 0 Å². The van der Waals surface area contributed by atoms with Gasteiger partial charge in [0.05, 0.1) is 6.61 Å². The molecule has 0 saturated carbocycles. The lowest BCUT2D eigenvalue weighted by molar-refractivity contribution is 0.222. The molecule has 0 heterocycles. The predicted molar refractivity (Wildman–Crippen MR) is 43.1 cm³/mol. The smallest absolute Gasteiger partial charge is 0.0558 e. The molecule has 0 aromatic rings. The molecule has 0 bridgehead atoms. The molecule has 0 unspecified atom stereocenters. The van der Waals surface area contributed by atoms with E-state index < -0.39 is 0 Å². The number of hydrogen-bond donors (Lipinski definition) is 2. The second-order valence-corrected chi connectivity index (χ2v) is 2.55. The molecule has 0 rings (SSSR count). The van der Waals surface area contributed by atoms with Crippen molar-refractivity contribution in [1.29, 1.82) is 0 Å². The molecule has 0 aliphatic rings. The molecule has 0 spiro atoms. The molecule has 0 atom stereocenters. The lowest BCUT2D eigenvalue weighted by atomic mass is 10.4. The van der Waals surface area contributed by atoms with Crippen LogP contribution < -0.4 is 0 Å². The van der Waals surface area contributed by atoms with Gasteiger partial charge in [0.15, 0.2) is 0 Å². The SMILES string of the molecule is CN(CCO)CCCS. The van der Waals surface area contributed by atoms with Crippen molar-refractivity contribution in [3.63, 3.8) is 0 Å². The fraction of sp³-hybridized carbons (Fsp3) is 1.00. The highest BCUT2D eigenvalue weighted by molar-refractivity contribution is 7.80. The minimum Gasteiger partial charge on any atom is -0.395 e. The van der Waals surface area contributed by atoms with Crippen molar-refractivity contribution < 1.29 is 5.11 Å². The molecule has 0 radical (unpaired) electrons. The quantitative estimate of drug-likeness (QED) is 0.547. The predicted octanol–water partition coefficient (Wildman–Crippen LogP) is 0.230. The highest BCUT2D eigenvalue weighted by atomic mass is 32.1. The van der Waals surface area contributed by atoms with E-state index in [1.54, 1.807) is 0 Å². The average molecular weight is 149 g/mol. The first-order valence-corrected chi connectivity index (χ1v) is 3.84. The topological polar surface area (TPSA) is 23.5 Å². The summed E-state index contributed by atoms with van der Waals surface area (Å²) < 4.78 is 0.